The van der Waals surface area contributed by atoms with Gasteiger partial charge in [0.25, 0.3) is 0 Å². The van der Waals surface area contributed by atoms with Crippen LogP contribution in [0.4, 0.5) is 0 Å². The number of likely N-dealkylation sites (tertiary alicyclic amines) is 1. The van der Waals surface area contributed by atoms with Crippen molar-refractivity contribution in [3.05, 3.63) is 0 Å². The second kappa shape index (κ2) is 15.1. The van der Waals surface area contributed by atoms with E-state index in [1.807, 2.05) is 0 Å². The molecule has 27 heavy (non-hydrogen) atoms. The Morgan fingerprint density at radius 3 is 2.00 bits per heavy atom. The minimum absolute atomic E-state index is 0.106. The molecule has 9 heteroatoms. The van der Waals surface area contributed by atoms with Gasteiger partial charge in [-0.1, -0.05) is 5.92 Å². The Kier molecular flexibility index (Phi) is 12.9. The maximum atomic E-state index is 11.7. The fourth-order valence-electron chi connectivity index (χ4n) is 2.23. The van der Waals surface area contributed by atoms with Crippen molar-refractivity contribution in [3.63, 3.8) is 0 Å². The zero-order valence-electron chi connectivity index (χ0n) is 15.6. The summed E-state index contributed by atoms with van der Waals surface area (Å²) >= 11 is 0. The normalized spacial score (nSPS) is 13.8. The van der Waals surface area contributed by atoms with E-state index in [1.54, 1.807) is 0 Å². The molecule has 0 atom stereocenters. The number of nitrogens with zero attached hydrogens (tertiary/aromatic N) is 1. The Balaban J connectivity index is 1.82. The molecule has 0 aromatic rings. The molecular weight excluding hydrogens is 356 g/mol. The predicted octanol–water partition coefficient (Wildman–Crippen LogP) is -0.659. The van der Waals surface area contributed by atoms with Crippen molar-refractivity contribution in [2.24, 2.45) is 0 Å². The number of terminal acetylenes is 1. The third-order valence-corrected chi connectivity index (χ3v) is 3.59. The molecule has 0 aromatic heterocycles. The summed E-state index contributed by atoms with van der Waals surface area (Å²) in [7, 11) is 0. The average molecular weight is 384 g/mol. The standard InChI is InChI=1S/C18H28N2O7/c1-2-8-24-10-12-26-14-15-27-13-11-25-9-6-19-16(21)5-7-20-17(22)3-4-18(20)23/h1H,3-15H2,(H,19,21). The topological polar surface area (TPSA) is 103 Å². The predicted molar refractivity (Wildman–Crippen MR) is 95.7 cm³/mol. The third-order valence-electron chi connectivity index (χ3n) is 3.59. The van der Waals surface area contributed by atoms with Crippen LogP contribution in [-0.2, 0) is 33.3 Å². The number of imide groups is 1. The van der Waals surface area contributed by atoms with Crippen molar-refractivity contribution < 1.29 is 33.3 Å². The summed E-state index contributed by atoms with van der Waals surface area (Å²) in [4.78, 5) is 35.6. The Hall–Kier alpha value is -1.99. The summed E-state index contributed by atoms with van der Waals surface area (Å²) in [6.45, 7) is 3.86. The van der Waals surface area contributed by atoms with Gasteiger partial charge in [-0.3, -0.25) is 19.3 Å². The Morgan fingerprint density at radius 2 is 1.44 bits per heavy atom. The van der Waals surface area contributed by atoms with Gasteiger partial charge in [-0.25, -0.2) is 0 Å². The molecule has 1 fully saturated rings. The number of nitrogens with one attached hydrogen (secondary N) is 1. The summed E-state index contributed by atoms with van der Waals surface area (Å²) in [5.74, 6) is 1.73. The van der Waals surface area contributed by atoms with E-state index in [4.69, 9.17) is 25.4 Å². The highest BCUT2D eigenvalue weighted by Crippen LogP contribution is 2.11. The first kappa shape index (κ1) is 23.0. The van der Waals surface area contributed by atoms with Gasteiger partial charge in [0.15, 0.2) is 0 Å². The molecule has 0 saturated carbocycles. The second-order valence-corrected chi connectivity index (χ2v) is 5.63. The van der Waals surface area contributed by atoms with E-state index in [0.29, 0.717) is 52.8 Å². The molecule has 0 aliphatic carbocycles. The maximum Gasteiger partial charge on any atom is 0.229 e. The lowest BCUT2D eigenvalue weighted by Crippen LogP contribution is -2.35. The summed E-state index contributed by atoms with van der Waals surface area (Å²) in [5, 5.41) is 2.68. The monoisotopic (exact) mass is 384 g/mol. The first-order chi connectivity index (χ1) is 13.1. The number of ether oxygens (including phenoxy) is 4. The molecule has 1 aliphatic rings. The smallest absolute Gasteiger partial charge is 0.229 e. The van der Waals surface area contributed by atoms with E-state index < -0.39 is 0 Å². The fourth-order valence-corrected chi connectivity index (χ4v) is 2.23. The lowest BCUT2D eigenvalue weighted by molar-refractivity contribution is -0.138. The highest BCUT2D eigenvalue weighted by atomic mass is 16.6. The molecule has 3 amide bonds. The Morgan fingerprint density at radius 1 is 0.926 bits per heavy atom. The number of amides is 3. The van der Waals surface area contributed by atoms with Crippen LogP contribution in [0.25, 0.3) is 0 Å². The van der Waals surface area contributed by atoms with E-state index in [9.17, 15) is 14.4 Å². The molecule has 1 rings (SSSR count). The molecule has 9 nitrogen and oxygen atoms in total. The van der Waals surface area contributed by atoms with Crippen molar-refractivity contribution in [2.75, 3.05) is 65.9 Å². The number of rotatable bonds is 16. The van der Waals surface area contributed by atoms with E-state index in [2.05, 4.69) is 11.2 Å². The largest absolute Gasteiger partial charge is 0.377 e. The van der Waals surface area contributed by atoms with Crippen LogP contribution in [0.5, 0.6) is 0 Å². The van der Waals surface area contributed by atoms with Gasteiger partial charge in [-0.05, 0) is 0 Å². The van der Waals surface area contributed by atoms with Crippen LogP contribution in [0.1, 0.15) is 19.3 Å². The molecule has 1 aliphatic heterocycles. The second-order valence-electron chi connectivity index (χ2n) is 5.63. The van der Waals surface area contributed by atoms with Crippen LogP contribution in [0, 0.1) is 12.3 Å². The van der Waals surface area contributed by atoms with E-state index in [1.165, 1.54) is 0 Å². The molecule has 152 valence electrons. The highest BCUT2D eigenvalue weighted by Gasteiger charge is 2.28. The van der Waals surface area contributed by atoms with Crippen molar-refractivity contribution in [1.29, 1.82) is 0 Å². The van der Waals surface area contributed by atoms with Crippen molar-refractivity contribution in [1.82, 2.24) is 10.2 Å². The first-order valence-corrected chi connectivity index (χ1v) is 8.99. The molecule has 0 radical (unpaired) electrons. The SMILES string of the molecule is C#CCOCCOCCOCCOCCNC(=O)CCN1C(=O)CCC1=O. The Bertz CT molecular complexity index is 488. The number of carbonyl (C=O) groups excluding carboxylic acids is 3. The molecular formula is C18H28N2O7. The summed E-state index contributed by atoms with van der Waals surface area (Å²) in [6, 6.07) is 0. The maximum absolute atomic E-state index is 11.7. The quantitative estimate of drug-likeness (QED) is 0.214. The first-order valence-electron chi connectivity index (χ1n) is 8.99. The molecule has 1 heterocycles. The summed E-state index contributed by atoms with van der Waals surface area (Å²) in [6.07, 6.45) is 5.62. The van der Waals surface area contributed by atoms with Gasteiger partial charge < -0.3 is 24.3 Å². The van der Waals surface area contributed by atoms with Crippen LogP contribution in [0.2, 0.25) is 0 Å². The van der Waals surface area contributed by atoms with Gasteiger partial charge in [-0.15, -0.1) is 6.42 Å². The van der Waals surface area contributed by atoms with E-state index in [-0.39, 0.29) is 50.1 Å². The van der Waals surface area contributed by atoms with Gasteiger partial charge >= 0.3 is 0 Å². The van der Waals surface area contributed by atoms with Crippen LogP contribution in [0.15, 0.2) is 0 Å². The molecule has 0 spiro atoms. The van der Waals surface area contributed by atoms with Gasteiger partial charge in [0.05, 0.1) is 46.2 Å². The fraction of sp³-hybridized carbons (Fsp3) is 0.722. The number of hydrogen-bond donors (Lipinski definition) is 1. The van der Waals surface area contributed by atoms with Gasteiger partial charge in [-0.2, -0.15) is 0 Å². The Labute approximate surface area is 159 Å². The summed E-state index contributed by atoms with van der Waals surface area (Å²) in [5.41, 5.74) is 0. The van der Waals surface area contributed by atoms with Crippen LogP contribution < -0.4 is 5.32 Å². The average Bonchev–Trinajstić information content (AvgIpc) is 2.98. The van der Waals surface area contributed by atoms with E-state index >= 15 is 0 Å². The van der Waals surface area contributed by atoms with Crippen molar-refractivity contribution in [2.45, 2.75) is 19.3 Å². The van der Waals surface area contributed by atoms with Gasteiger partial charge in [0.2, 0.25) is 17.7 Å². The van der Waals surface area contributed by atoms with Gasteiger partial charge in [0.1, 0.15) is 6.61 Å². The van der Waals surface area contributed by atoms with E-state index in [0.717, 1.165) is 4.90 Å². The summed E-state index contributed by atoms with van der Waals surface area (Å²) < 4.78 is 21.0. The zero-order valence-corrected chi connectivity index (χ0v) is 15.6. The van der Waals surface area contributed by atoms with Crippen LogP contribution >= 0.6 is 0 Å². The molecule has 0 aromatic carbocycles. The van der Waals surface area contributed by atoms with Gasteiger partial charge in [0, 0.05) is 32.4 Å². The zero-order chi connectivity index (χ0) is 19.7. The molecule has 1 N–H and O–H groups in total. The minimum atomic E-state index is -0.217. The highest BCUT2D eigenvalue weighted by molar-refractivity contribution is 6.02. The third kappa shape index (κ3) is 11.4. The van der Waals surface area contributed by atoms with Crippen LogP contribution in [-0.4, -0.2) is 88.6 Å². The molecule has 1 saturated heterocycles. The van der Waals surface area contributed by atoms with Crippen molar-refractivity contribution >= 4 is 17.7 Å². The number of carbonyl (C=O) groups is 3. The number of hydrogen-bond acceptors (Lipinski definition) is 7. The molecule has 0 unspecified atom stereocenters. The lowest BCUT2D eigenvalue weighted by Gasteiger charge is -2.13. The minimum Gasteiger partial charge on any atom is -0.377 e. The molecule has 0 bridgehead atoms. The van der Waals surface area contributed by atoms with Crippen molar-refractivity contribution in [3.8, 4) is 12.3 Å². The van der Waals surface area contributed by atoms with Crippen LogP contribution in [0.3, 0.4) is 0 Å². The lowest BCUT2D eigenvalue weighted by atomic mass is 10.3.